The van der Waals surface area contributed by atoms with Crippen LogP contribution in [0.5, 0.6) is 5.75 Å². The first-order valence-corrected chi connectivity index (χ1v) is 9.59. The zero-order valence-corrected chi connectivity index (χ0v) is 19.3. The van der Waals surface area contributed by atoms with Gasteiger partial charge in [-0.15, -0.1) is 0 Å². The molecule has 1 atom stereocenters. The van der Waals surface area contributed by atoms with E-state index in [1.807, 2.05) is 13.8 Å². The average molecular weight is 381 g/mol. The molecule has 1 aromatic rings. The first-order chi connectivity index (χ1) is 10.8. The van der Waals surface area contributed by atoms with E-state index in [0.717, 1.165) is 6.42 Å². The second-order valence-corrected chi connectivity index (χ2v) is 9.66. The fourth-order valence-electron chi connectivity index (χ4n) is 3.31. The van der Waals surface area contributed by atoms with E-state index in [4.69, 9.17) is 9.47 Å². The molecule has 0 fully saturated rings. The van der Waals surface area contributed by atoms with Crippen LogP contribution < -0.4 is 4.74 Å². The maximum absolute atomic E-state index is 12.2. The molecule has 139 valence electrons. The van der Waals surface area contributed by atoms with Gasteiger partial charge in [-0.05, 0) is 36.3 Å². The van der Waals surface area contributed by atoms with Crippen LogP contribution >= 0.6 is 0 Å². The van der Waals surface area contributed by atoms with Crippen LogP contribution in [-0.4, -0.2) is 54.3 Å². The summed E-state index contributed by atoms with van der Waals surface area (Å²) in [5, 5.41) is -2.13. The quantitative estimate of drug-likeness (QED) is 0.417. The predicted octanol–water partition coefficient (Wildman–Crippen LogP) is 4.12. The van der Waals surface area contributed by atoms with E-state index < -0.39 is 20.7 Å². The summed E-state index contributed by atoms with van der Waals surface area (Å²) < 4.78 is 45.5. The summed E-state index contributed by atoms with van der Waals surface area (Å²) in [5.41, 5.74) is -0.439. The normalized spacial score (nSPS) is 15.2. The third kappa shape index (κ3) is 7.97. The maximum atomic E-state index is 12.2. The van der Waals surface area contributed by atoms with Crippen molar-refractivity contribution in [2.45, 2.75) is 59.5 Å². The van der Waals surface area contributed by atoms with Crippen molar-refractivity contribution in [2.24, 2.45) is 10.8 Å². The first-order valence-electron chi connectivity index (χ1n) is 8.15. The van der Waals surface area contributed by atoms with Crippen LogP contribution in [0.4, 0.5) is 0 Å². The molecule has 25 heavy (non-hydrogen) atoms. The number of ether oxygens (including phenoxy) is 2. The van der Waals surface area contributed by atoms with Gasteiger partial charge < -0.3 is 9.47 Å². The van der Waals surface area contributed by atoms with Gasteiger partial charge in [-0.2, -0.15) is 8.42 Å². The van der Waals surface area contributed by atoms with Gasteiger partial charge in [0.2, 0.25) is 0 Å². The zero-order chi connectivity index (χ0) is 18.6. The molecule has 0 saturated heterocycles. The number of benzene rings is 1. The van der Waals surface area contributed by atoms with Crippen LogP contribution in [0.25, 0.3) is 0 Å². The molecule has 0 bridgehead atoms. The summed E-state index contributed by atoms with van der Waals surface area (Å²) in [4.78, 5) is 0. The Bertz CT molecular complexity index is 623. The molecule has 0 aliphatic rings. The van der Waals surface area contributed by atoms with Gasteiger partial charge in [-0.25, -0.2) is 0 Å². The van der Waals surface area contributed by atoms with Gasteiger partial charge in [0.1, 0.15) is 5.75 Å². The Morgan fingerprint density at radius 3 is 1.92 bits per heavy atom. The van der Waals surface area contributed by atoms with Crippen LogP contribution in [0.2, 0.25) is 0 Å². The third-order valence-electron chi connectivity index (χ3n) is 3.48. The Balaban J connectivity index is 0.00000576. The predicted molar refractivity (Wildman–Crippen MR) is 101 cm³/mol. The maximum Gasteiger partial charge on any atom is 0.341 e. The van der Waals surface area contributed by atoms with Crippen molar-refractivity contribution in [1.29, 1.82) is 0 Å². The second kappa shape index (κ2) is 9.20. The number of rotatable bonds is 8. The van der Waals surface area contributed by atoms with E-state index >= 15 is 0 Å². The number of para-hydroxylation sites is 1. The van der Waals surface area contributed by atoms with E-state index in [1.54, 1.807) is 37.3 Å². The minimum Gasteiger partial charge on any atom is -0.447 e. The molecule has 1 N–H and O–H groups in total. The largest absolute Gasteiger partial charge is 0.447 e. The molecule has 0 amide bonds. The van der Waals surface area contributed by atoms with Crippen LogP contribution in [0, 0.1) is 10.8 Å². The number of hydrogen-bond acceptors (Lipinski definition) is 4. The van der Waals surface area contributed by atoms with Crippen molar-refractivity contribution in [2.75, 3.05) is 6.61 Å². The minimum atomic E-state index is -4.62. The number of hydrogen-bond donors (Lipinski definition) is 1. The monoisotopic (exact) mass is 381 g/mol. The van der Waals surface area contributed by atoms with Crippen LogP contribution in [0.15, 0.2) is 30.3 Å². The molecule has 1 unspecified atom stereocenters. The van der Waals surface area contributed by atoms with Gasteiger partial charge in [0.15, 0.2) is 0 Å². The molecule has 0 heterocycles. The average Bonchev–Trinajstić information content (AvgIpc) is 2.35. The topological polar surface area (TPSA) is 72.8 Å². The van der Waals surface area contributed by atoms with Crippen molar-refractivity contribution in [3.63, 3.8) is 0 Å². The van der Waals surface area contributed by atoms with Crippen molar-refractivity contribution in [3.05, 3.63) is 30.3 Å². The van der Waals surface area contributed by atoms with E-state index in [0.29, 0.717) is 5.75 Å². The Morgan fingerprint density at radius 2 is 1.52 bits per heavy atom. The minimum absolute atomic E-state index is 0. The van der Waals surface area contributed by atoms with Gasteiger partial charge in [0, 0.05) is 42.6 Å². The second-order valence-electron chi connectivity index (χ2n) is 8.08. The zero-order valence-electron chi connectivity index (χ0n) is 16.5. The van der Waals surface area contributed by atoms with Crippen LogP contribution in [0.1, 0.15) is 54.4 Å². The molecule has 1 aromatic carbocycles. The Morgan fingerprint density at radius 1 is 1.00 bits per heavy atom. The van der Waals surface area contributed by atoms with E-state index in [1.165, 1.54) is 0 Å². The molecule has 1 radical (unpaired) electrons. The smallest absolute Gasteiger partial charge is 0.341 e. The molecule has 0 aromatic heterocycles. The summed E-state index contributed by atoms with van der Waals surface area (Å²) in [6, 6.07) is 8.53. The summed E-state index contributed by atoms with van der Waals surface area (Å²) in [5.74, 6) is 0.329. The first kappa shape index (κ1) is 24.9. The van der Waals surface area contributed by atoms with E-state index in [-0.39, 0.29) is 48.0 Å². The summed E-state index contributed by atoms with van der Waals surface area (Å²) in [6.45, 7) is 11.9. The third-order valence-corrected chi connectivity index (χ3v) is 4.61. The molecule has 0 aliphatic carbocycles. The molecular weight excluding hydrogens is 351 g/mol. The fraction of sp³-hybridized carbons (Fsp3) is 0.667. The van der Waals surface area contributed by atoms with Gasteiger partial charge >= 0.3 is 15.2 Å². The molecule has 0 saturated carbocycles. The fourth-order valence-corrected chi connectivity index (χ4v) is 4.35. The molecule has 0 spiro atoms. The van der Waals surface area contributed by atoms with Crippen LogP contribution in [-0.2, 0) is 14.9 Å². The SMILES string of the molecule is CCOC(CC(C)(C)CC(C)(C)C)(Oc1ccccc1)S(=O)(=O)O.[Na]. The molecule has 0 aliphatic heterocycles. The molecule has 7 heteroatoms. The van der Waals surface area contributed by atoms with Gasteiger partial charge in [0.25, 0.3) is 0 Å². The van der Waals surface area contributed by atoms with Crippen molar-refractivity contribution >= 4 is 39.7 Å². The molecule has 5 nitrogen and oxygen atoms in total. The summed E-state index contributed by atoms with van der Waals surface area (Å²) in [6.07, 6.45) is 0.751. The van der Waals surface area contributed by atoms with Crippen LogP contribution in [0.3, 0.4) is 0 Å². The molecule has 1 rings (SSSR count). The summed E-state index contributed by atoms with van der Waals surface area (Å²) >= 11 is 0. The van der Waals surface area contributed by atoms with Gasteiger partial charge in [-0.3, -0.25) is 4.55 Å². The van der Waals surface area contributed by atoms with Crippen molar-refractivity contribution in [1.82, 2.24) is 0 Å². The van der Waals surface area contributed by atoms with E-state index in [2.05, 4.69) is 20.8 Å². The molecular formula is C18H30NaO5S. The summed E-state index contributed by atoms with van der Waals surface area (Å²) in [7, 11) is -4.62. The Labute approximate surface area is 174 Å². The Kier molecular flexibility index (Phi) is 9.16. The Hall–Kier alpha value is -0.110. The standard InChI is InChI=1S/C18H30O5S.Na/c1-7-22-18(24(19,20)21,23-15-11-9-8-10-12-15)14-17(5,6)13-16(2,3)4;/h8-12H,7,13-14H2,1-6H3,(H,19,20,21);. The van der Waals surface area contributed by atoms with E-state index in [9.17, 15) is 13.0 Å². The van der Waals surface area contributed by atoms with Crippen molar-refractivity contribution in [3.8, 4) is 5.75 Å². The van der Waals surface area contributed by atoms with Gasteiger partial charge in [-0.1, -0.05) is 52.8 Å². The van der Waals surface area contributed by atoms with Crippen molar-refractivity contribution < 1.29 is 22.4 Å². The van der Waals surface area contributed by atoms with Gasteiger partial charge in [0.05, 0.1) is 0 Å².